The number of para-hydroxylation sites is 2. The summed E-state index contributed by atoms with van der Waals surface area (Å²) in [6.45, 7) is 2.92. The van der Waals surface area contributed by atoms with Gasteiger partial charge < -0.3 is 42.1 Å². The van der Waals surface area contributed by atoms with Crippen molar-refractivity contribution in [3.8, 4) is 0 Å². The number of rotatable bonds is 16. The molecule has 2 unspecified atom stereocenters. The molecule has 10 N–H and O–H groups in total. The van der Waals surface area contributed by atoms with Gasteiger partial charge in [-0.25, -0.2) is 0 Å². The maximum Gasteiger partial charge on any atom is 0.295 e. The highest BCUT2D eigenvalue weighted by molar-refractivity contribution is 7.86. The SMILES string of the molecule is CC(O)Nc1nc(Nc2ccccc2)nc(Nc2ccc(/C=C/c3ccc(Nc4nc(Nc5ccccc5)nc(NC(C)O)n4)cc3S(=O)(=O)O)c(S(=O)(=O)O)c2)n1. The molecule has 2 heterocycles. The van der Waals surface area contributed by atoms with Gasteiger partial charge in [0, 0.05) is 22.7 Å². The number of aliphatic hydroxyl groups is 2. The molecule has 0 aliphatic rings. The van der Waals surface area contributed by atoms with Crippen molar-refractivity contribution in [2.24, 2.45) is 0 Å². The fraction of sp³-hybridized carbons (Fsp3) is 0.111. The average Bonchev–Trinajstić information content (AvgIpc) is 3.14. The summed E-state index contributed by atoms with van der Waals surface area (Å²) in [7, 11) is -9.73. The molecule has 0 amide bonds. The largest absolute Gasteiger partial charge is 0.374 e. The zero-order chi connectivity index (χ0) is 41.5. The number of aromatic nitrogens is 6. The summed E-state index contributed by atoms with van der Waals surface area (Å²) in [5.74, 6) is 0.0648. The number of hydrogen-bond acceptors (Lipinski definition) is 18. The van der Waals surface area contributed by atoms with Crippen LogP contribution in [0.2, 0.25) is 0 Å². The second-order valence-corrected chi connectivity index (χ2v) is 15.1. The molecular formula is C36H36N12O8S2. The lowest BCUT2D eigenvalue weighted by molar-refractivity contribution is 0.223. The van der Waals surface area contributed by atoms with Crippen LogP contribution in [0.3, 0.4) is 0 Å². The summed E-state index contributed by atoms with van der Waals surface area (Å²) in [5.41, 5.74) is 1.48. The minimum atomic E-state index is -4.86. The lowest BCUT2D eigenvalue weighted by Gasteiger charge is -2.14. The van der Waals surface area contributed by atoms with Crippen LogP contribution < -0.4 is 31.9 Å². The van der Waals surface area contributed by atoms with Crippen molar-refractivity contribution in [1.82, 2.24) is 29.9 Å². The van der Waals surface area contributed by atoms with E-state index in [1.165, 1.54) is 50.3 Å². The molecule has 58 heavy (non-hydrogen) atoms. The lowest BCUT2D eigenvalue weighted by atomic mass is 10.1. The van der Waals surface area contributed by atoms with Crippen LogP contribution in [-0.2, 0) is 20.2 Å². The van der Waals surface area contributed by atoms with Crippen molar-refractivity contribution in [1.29, 1.82) is 0 Å². The molecule has 2 aromatic heterocycles. The maximum absolute atomic E-state index is 12.6. The highest BCUT2D eigenvalue weighted by Crippen LogP contribution is 2.29. The van der Waals surface area contributed by atoms with Crippen molar-refractivity contribution < 1.29 is 36.2 Å². The second kappa shape index (κ2) is 17.5. The van der Waals surface area contributed by atoms with E-state index in [-0.39, 0.29) is 58.2 Å². The van der Waals surface area contributed by atoms with Gasteiger partial charge in [0.15, 0.2) is 0 Å². The first-order chi connectivity index (χ1) is 27.6. The van der Waals surface area contributed by atoms with E-state index in [0.29, 0.717) is 11.4 Å². The molecule has 300 valence electrons. The predicted octanol–water partition coefficient (Wildman–Crippen LogP) is 5.20. The fourth-order valence-electron chi connectivity index (χ4n) is 5.16. The number of nitrogens with zero attached hydrogens (tertiary/aromatic N) is 6. The van der Waals surface area contributed by atoms with Gasteiger partial charge in [-0.15, -0.1) is 0 Å². The third kappa shape index (κ3) is 11.4. The zero-order valence-corrected chi connectivity index (χ0v) is 32.1. The Balaban J connectivity index is 1.28. The summed E-state index contributed by atoms with van der Waals surface area (Å²) in [4.78, 5) is 24.4. The van der Waals surface area contributed by atoms with Gasteiger partial charge >= 0.3 is 0 Å². The molecule has 4 aromatic carbocycles. The smallest absolute Gasteiger partial charge is 0.295 e. The molecule has 0 spiro atoms. The van der Waals surface area contributed by atoms with Crippen molar-refractivity contribution in [2.75, 3.05) is 31.9 Å². The fourth-order valence-corrected chi connectivity index (χ4v) is 6.58. The highest BCUT2D eigenvalue weighted by atomic mass is 32.2. The molecule has 0 radical (unpaired) electrons. The first kappa shape index (κ1) is 40.8. The van der Waals surface area contributed by atoms with E-state index in [9.17, 15) is 36.2 Å². The van der Waals surface area contributed by atoms with Crippen molar-refractivity contribution >= 4 is 90.8 Å². The van der Waals surface area contributed by atoms with Gasteiger partial charge in [0.25, 0.3) is 20.2 Å². The lowest BCUT2D eigenvalue weighted by Crippen LogP contribution is -2.17. The Morgan fingerprint density at radius 1 is 0.466 bits per heavy atom. The van der Waals surface area contributed by atoms with Gasteiger partial charge in [-0.3, -0.25) is 9.11 Å². The molecule has 0 aliphatic heterocycles. The number of hydrogen-bond donors (Lipinski definition) is 10. The molecule has 0 aliphatic carbocycles. The quantitative estimate of drug-likeness (QED) is 0.0341. The molecule has 22 heteroatoms. The number of benzene rings is 4. The normalized spacial score (nSPS) is 12.7. The van der Waals surface area contributed by atoms with Gasteiger partial charge in [0.05, 0.1) is 0 Å². The van der Waals surface area contributed by atoms with Crippen LogP contribution in [0.1, 0.15) is 25.0 Å². The van der Waals surface area contributed by atoms with E-state index in [1.54, 1.807) is 48.5 Å². The number of anilines is 10. The Hall–Kier alpha value is -6.82. The third-order valence-electron chi connectivity index (χ3n) is 7.54. The van der Waals surface area contributed by atoms with Crippen LogP contribution in [-0.4, -0.2) is 78.5 Å². The van der Waals surface area contributed by atoms with Crippen LogP contribution in [0.15, 0.2) is 107 Å². The van der Waals surface area contributed by atoms with E-state index in [0.717, 1.165) is 12.1 Å². The predicted molar refractivity (Wildman–Crippen MR) is 218 cm³/mol. The summed E-state index contributed by atoms with van der Waals surface area (Å²) < 4.78 is 70.7. The minimum absolute atomic E-state index is 0.00689. The van der Waals surface area contributed by atoms with Crippen LogP contribution in [0.4, 0.5) is 58.4 Å². The summed E-state index contributed by atoms with van der Waals surface area (Å²) >= 11 is 0. The van der Waals surface area contributed by atoms with E-state index in [1.807, 2.05) is 12.1 Å². The maximum atomic E-state index is 12.6. The first-order valence-electron chi connectivity index (χ1n) is 17.1. The molecule has 0 fully saturated rings. The number of nitrogens with one attached hydrogen (secondary N) is 6. The molecule has 6 aromatic rings. The highest BCUT2D eigenvalue weighted by Gasteiger charge is 2.19. The molecule has 6 rings (SSSR count). The van der Waals surface area contributed by atoms with Crippen molar-refractivity contribution in [2.45, 2.75) is 36.1 Å². The van der Waals surface area contributed by atoms with Gasteiger partial charge in [0.1, 0.15) is 22.2 Å². The molecule has 0 saturated heterocycles. The molecule has 20 nitrogen and oxygen atoms in total. The molecule has 2 atom stereocenters. The van der Waals surface area contributed by atoms with Gasteiger partial charge in [0.2, 0.25) is 35.7 Å². The average molecular weight is 829 g/mol. The Bertz CT molecular complexity index is 2470. The van der Waals surface area contributed by atoms with Gasteiger partial charge in [-0.05, 0) is 73.5 Å². The Morgan fingerprint density at radius 2 is 0.776 bits per heavy atom. The Kier molecular flexibility index (Phi) is 12.3. The van der Waals surface area contributed by atoms with Crippen molar-refractivity contribution in [3.05, 3.63) is 108 Å². The van der Waals surface area contributed by atoms with Crippen LogP contribution >= 0.6 is 0 Å². The van der Waals surface area contributed by atoms with Crippen LogP contribution in [0.5, 0.6) is 0 Å². The zero-order valence-electron chi connectivity index (χ0n) is 30.5. The molecule has 0 bridgehead atoms. The van der Waals surface area contributed by atoms with Crippen molar-refractivity contribution in [3.63, 3.8) is 0 Å². The standard InChI is InChI=1S/C36H36N12O8S2/c1-21(49)37-31-43-33(39-25-9-5-3-6-10-25)47-35(45-31)41-27-17-15-23(29(19-27)57(51,52)53)13-14-24-16-18-28(20-30(24)58(54,55)56)42-36-46-32(38-22(2)50)44-34(48-36)40-26-11-7-4-8-12-26/h3-22,49-50H,1-2H3,(H,51,52,53)(H,54,55,56)(H3,37,39,41,43,45,47)(H3,38,40,42,44,46,48)/b14-13+. The van der Waals surface area contributed by atoms with E-state index in [2.05, 4.69) is 61.8 Å². The summed E-state index contributed by atoms with van der Waals surface area (Å²) in [6, 6.07) is 25.8. The van der Waals surface area contributed by atoms with E-state index in [4.69, 9.17) is 0 Å². The van der Waals surface area contributed by atoms with Gasteiger partial charge in [-0.2, -0.15) is 46.7 Å². The topological polar surface area (TPSA) is 299 Å². The van der Waals surface area contributed by atoms with Crippen LogP contribution in [0.25, 0.3) is 12.2 Å². The summed E-state index contributed by atoms with van der Waals surface area (Å²) in [6.07, 6.45) is 0.427. The monoisotopic (exact) mass is 828 g/mol. The minimum Gasteiger partial charge on any atom is -0.374 e. The first-order valence-corrected chi connectivity index (χ1v) is 20.0. The van der Waals surface area contributed by atoms with E-state index >= 15 is 0 Å². The molecule has 0 saturated carbocycles. The Morgan fingerprint density at radius 3 is 1.09 bits per heavy atom. The Labute approximate surface area is 332 Å². The van der Waals surface area contributed by atoms with Gasteiger partial charge in [-0.1, -0.05) is 60.7 Å². The second-order valence-electron chi connectivity index (χ2n) is 12.3. The van der Waals surface area contributed by atoms with Crippen LogP contribution in [0, 0.1) is 0 Å². The van der Waals surface area contributed by atoms with E-state index < -0.39 is 42.5 Å². The third-order valence-corrected chi connectivity index (χ3v) is 9.36. The molecular weight excluding hydrogens is 793 g/mol. The summed E-state index contributed by atoms with van der Waals surface area (Å²) in [5, 5.41) is 36.8. The number of aliphatic hydroxyl groups excluding tert-OH is 2.